The zero-order valence-electron chi connectivity index (χ0n) is 11.8. The van der Waals surface area contributed by atoms with Gasteiger partial charge in [-0.1, -0.05) is 18.5 Å². The van der Waals surface area contributed by atoms with Crippen molar-refractivity contribution < 1.29 is 0 Å². The topological polar surface area (TPSA) is 28.2 Å². The van der Waals surface area contributed by atoms with Crippen LogP contribution in [-0.4, -0.2) is 29.7 Å². The molecule has 5 heteroatoms. The molecule has 0 spiro atoms. The first-order valence-electron chi connectivity index (χ1n) is 7.51. The second-order valence-electron chi connectivity index (χ2n) is 5.92. The first-order chi connectivity index (χ1) is 9.67. The van der Waals surface area contributed by atoms with E-state index in [4.69, 9.17) is 11.6 Å². The zero-order chi connectivity index (χ0) is 14.1. The number of hydrogen-bond acceptors (Lipinski definition) is 3. The van der Waals surface area contributed by atoms with Crippen molar-refractivity contribution in [3.8, 4) is 0 Å². The molecule has 2 fully saturated rings. The molecule has 20 heavy (non-hydrogen) atoms. The fourth-order valence-electron chi connectivity index (χ4n) is 3.60. The van der Waals surface area contributed by atoms with Gasteiger partial charge in [-0.05, 0) is 54.1 Å². The van der Waals surface area contributed by atoms with Crippen molar-refractivity contribution in [2.45, 2.75) is 57.2 Å². The predicted octanol–water partition coefficient (Wildman–Crippen LogP) is 4.00. The molecule has 3 nitrogen and oxygen atoms in total. The maximum atomic E-state index is 6.02. The quantitative estimate of drug-likeness (QED) is 0.882. The first-order valence-corrected chi connectivity index (χ1v) is 8.68. The number of nitrogens with one attached hydrogen (secondary N) is 1. The molecule has 2 unspecified atom stereocenters. The number of pyridine rings is 1. The molecule has 1 N–H and O–H groups in total. The van der Waals surface area contributed by atoms with Crippen molar-refractivity contribution in [1.29, 1.82) is 0 Å². The number of halogens is 2. The lowest BCUT2D eigenvalue weighted by molar-refractivity contribution is 0.345. The highest BCUT2D eigenvalue weighted by atomic mass is 79.9. The second-order valence-corrected chi connectivity index (χ2v) is 7.21. The van der Waals surface area contributed by atoms with Gasteiger partial charge in [-0.3, -0.25) is 0 Å². The van der Waals surface area contributed by atoms with Crippen LogP contribution in [0.2, 0.25) is 5.02 Å². The molecule has 2 saturated heterocycles. The van der Waals surface area contributed by atoms with E-state index in [1.54, 1.807) is 6.20 Å². The van der Waals surface area contributed by atoms with Gasteiger partial charge >= 0.3 is 0 Å². The molecule has 2 aliphatic heterocycles. The maximum Gasteiger partial charge on any atom is 0.143 e. The van der Waals surface area contributed by atoms with Gasteiger partial charge in [0.05, 0.1) is 9.50 Å². The third-order valence-electron chi connectivity index (χ3n) is 4.41. The largest absolute Gasteiger partial charge is 0.353 e. The molecule has 110 valence electrons. The Bertz CT molecular complexity index is 470. The Balaban J connectivity index is 1.84. The van der Waals surface area contributed by atoms with Gasteiger partial charge in [-0.15, -0.1) is 0 Å². The molecule has 0 aliphatic carbocycles. The summed E-state index contributed by atoms with van der Waals surface area (Å²) in [7, 11) is 0. The molecule has 2 atom stereocenters. The summed E-state index contributed by atoms with van der Waals surface area (Å²) >= 11 is 9.65. The number of piperidine rings is 1. The van der Waals surface area contributed by atoms with Crippen LogP contribution < -0.4 is 10.2 Å². The minimum absolute atomic E-state index is 0.596. The van der Waals surface area contributed by atoms with E-state index < -0.39 is 0 Å². The highest BCUT2D eigenvalue weighted by Crippen LogP contribution is 2.34. The summed E-state index contributed by atoms with van der Waals surface area (Å²) in [5, 5.41) is 4.40. The molecule has 0 amide bonds. The fraction of sp³-hybridized carbons (Fsp3) is 0.667. The van der Waals surface area contributed by atoms with Gasteiger partial charge in [0.15, 0.2) is 0 Å². The van der Waals surface area contributed by atoms with E-state index in [0.717, 1.165) is 23.3 Å². The summed E-state index contributed by atoms with van der Waals surface area (Å²) in [4.78, 5) is 7.05. The Labute approximate surface area is 134 Å². The first kappa shape index (κ1) is 14.6. The smallest absolute Gasteiger partial charge is 0.143 e. The van der Waals surface area contributed by atoms with E-state index in [2.05, 4.69) is 38.1 Å². The van der Waals surface area contributed by atoms with Crippen molar-refractivity contribution in [2.24, 2.45) is 0 Å². The van der Waals surface area contributed by atoms with E-state index in [1.807, 2.05) is 6.07 Å². The molecule has 1 aromatic heterocycles. The minimum atomic E-state index is 0.596. The monoisotopic (exact) mass is 357 g/mol. The van der Waals surface area contributed by atoms with Gasteiger partial charge in [-0.25, -0.2) is 4.98 Å². The molecule has 0 radical (unpaired) electrons. The lowest BCUT2D eigenvalue weighted by atomic mass is 9.98. The molecule has 1 aromatic rings. The van der Waals surface area contributed by atoms with Gasteiger partial charge in [-0.2, -0.15) is 0 Å². The lowest BCUT2D eigenvalue weighted by Gasteiger charge is -2.39. The van der Waals surface area contributed by atoms with E-state index in [0.29, 0.717) is 23.1 Å². The van der Waals surface area contributed by atoms with Gasteiger partial charge < -0.3 is 10.2 Å². The number of aromatic nitrogens is 1. The number of hydrogen-bond donors (Lipinski definition) is 1. The molecular weight excluding hydrogens is 338 g/mol. The Hall–Kier alpha value is -0.320. The second kappa shape index (κ2) is 6.20. The van der Waals surface area contributed by atoms with Crippen LogP contribution in [-0.2, 0) is 0 Å². The summed E-state index contributed by atoms with van der Waals surface area (Å²) < 4.78 is 1.00. The Morgan fingerprint density at radius 2 is 2.10 bits per heavy atom. The summed E-state index contributed by atoms with van der Waals surface area (Å²) in [5.74, 6) is 1.04. The Morgan fingerprint density at radius 3 is 2.70 bits per heavy atom. The van der Waals surface area contributed by atoms with Crippen molar-refractivity contribution in [3.63, 3.8) is 0 Å². The zero-order valence-corrected chi connectivity index (χ0v) is 14.1. The molecule has 0 aromatic carbocycles. The lowest BCUT2D eigenvalue weighted by Crippen LogP contribution is -2.49. The Morgan fingerprint density at radius 1 is 1.40 bits per heavy atom. The van der Waals surface area contributed by atoms with Gasteiger partial charge in [0, 0.05) is 30.9 Å². The van der Waals surface area contributed by atoms with Crippen LogP contribution in [0.1, 0.15) is 39.0 Å². The molecule has 3 heterocycles. The van der Waals surface area contributed by atoms with E-state index in [1.165, 1.54) is 25.7 Å². The van der Waals surface area contributed by atoms with E-state index in [-0.39, 0.29) is 0 Å². The van der Waals surface area contributed by atoms with Crippen LogP contribution in [0, 0.1) is 0 Å². The molecule has 2 bridgehead atoms. The van der Waals surface area contributed by atoms with Crippen molar-refractivity contribution in [2.75, 3.05) is 11.4 Å². The van der Waals surface area contributed by atoms with Crippen LogP contribution in [0.5, 0.6) is 0 Å². The van der Waals surface area contributed by atoms with E-state index >= 15 is 0 Å². The third kappa shape index (κ3) is 2.97. The van der Waals surface area contributed by atoms with Crippen LogP contribution in [0.15, 0.2) is 16.7 Å². The predicted molar refractivity (Wildman–Crippen MR) is 87.6 cm³/mol. The van der Waals surface area contributed by atoms with Crippen LogP contribution in [0.3, 0.4) is 0 Å². The highest BCUT2D eigenvalue weighted by Gasteiger charge is 2.36. The number of anilines is 1. The number of rotatable bonds is 4. The SMILES string of the molecule is CCCN(c1ncc(Cl)cc1Br)C1CC2CCC(C1)N2. The summed E-state index contributed by atoms with van der Waals surface area (Å²) in [5.41, 5.74) is 0. The molecule has 2 aliphatic rings. The fourth-order valence-corrected chi connectivity index (χ4v) is 4.47. The minimum Gasteiger partial charge on any atom is -0.353 e. The molecule has 0 saturated carbocycles. The summed E-state index contributed by atoms with van der Waals surface area (Å²) in [6, 6.07) is 3.94. The van der Waals surface area contributed by atoms with Crippen LogP contribution >= 0.6 is 27.5 Å². The van der Waals surface area contributed by atoms with Crippen molar-refractivity contribution in [3.05, 3.63) is 21.8 Å². The Kier molecular flexibility index (Phi) is 4.53. The van der Waals surface area contributed by atoms with Crippen LogP contribution in [0.4, 0.5) is 5.82 Å². The number of nitrogens with zero attached hydrogens (tertiary/aromatic N) is 2. The average molecular weight is 359 g/mol. The van der Waals surface area contributed by atoms with Crippen LogP contribution in [0.25, 0.3) is 0 Å². The normalized spacial score (nSPS) is 28.6. The molecular formula is C15H21BrClN3. The van der Waals surface area contributed by atoms with Gasteiger partial charge in [0.2, 0.25) is 0 Å². The maximum absolute atomic E-state index is 6.02. The average Bonchev–Trinajstić information content (AvgIpc) is 2.76. The van der Waals surface area contributed by atoms with Crippen molar-refractivity contribution >= 4 is 33.3 Å². The highest BCUT2D eigenvalue weighted by molar-refractivity contribution is 9.10. The third-order valence-corrected chi connectivity index (χ3v) is 5.20. The summed E-state index contributed by atoms with van der Waals surface area (Å²) in [6.45, 7) is 3.28. The standard InChI is InChI=1S/C15H21BrClN3/c1-2-5-20(15-14(16)6-10(17)9-18-15)13-7-11-3-4-12(8-13)19-11/h6,9,11-13,19H,2-5,7-8H2,1H3. The van der Waals surface area contributed by atoms with Crippen molar-refractivity contribution in [1.82, 2.24) is 10.3 Å². The summed E-state index contributed by atoms with van der Waals surface area (Å²) in [6.07, 6.45) is 8.00. The number of fused-ring (bicyclic) bond motifs is 2. The van der Waals surface area contributed by atoms with Gasteiger partial charge in [0.1, 0.15) is 5.82 Å². The molecule has 3 rings (SSSR count). The van der Waals surface area contributed by atoms with Gasteiger partial charge in [0.25, 0.3) is 0 Å². The van der Waals surface area contributed by atoms with E-state index in [9.17, 15) is 0 Å².